The van der Waals surface area contributed by atoms with E-state index >= 15 is 0 Å². The van der Waals surface area contributed by atoms with E-state index in [9.17, 15) is 9.59 Å². The average Bonchev–Trinajstić information content (AvgIpc) is 2.81. The van der Waals surface area contributed by atoms with Gasteiger partial charge in [-0.3, -0.25) is 9.59 Å². The van der Waals surface area contributed by atoms with Gasteiger partial charge in [-0.1, -0.05) is 0 Å². The van der Waals surface area contributed by atoms with Gasteiger partial charge >= 0.3 is 0 Å². The Morgan fingerprint density at radius 1 is 1.00 bits per heavy atom. The first-order valence-electron chi connectivity index (χ1n) is 8.16. The molecule has 0 fully saturated rings. The first-order chi connectivity index (χ1) is 11.4. The summed E-state index contributed by atoms with van der Waals surface area (Å²) in [6.45, 7) is 10.7. The third kappa shape index (κ3) is 3.50. The maximum atomic E-state index is 12.4. The van der Waals surface area contributed by atoms with Gasteiger partial charge in [-0.05, 0) is 58.9 Å². The molecule has 1 N–H and O–H groups in total. The van der Waals surface area contributed by atoms with Crippen molar-refractivity contribution in [3.05, 3.63) is 52.5 Å². The third-order valence-corrected chi connectivity index (χ3v) is 4.23. The molecule has 0 aliphatic heterocycles. The Kier molecular flexibility index (Phi) is 5.44. The molecule has 5 heteroatoms. The molecule has 1 aromatic heterocycles. The lowest BCUT2D eigenvalue weighted by Crippen LogP contribution is -2.30. The van der Waals surface area contributed by atoms with Gasteiger partial charge in [0, 0.05) is 29.9 Å². The van der Waals surface area contributed by atoms with Gasteiger partial charge in [0.2, 0.25) is 0 Å². The van der Waals surface area contributed by atoms with Crippen LogP contribution in [-0.4, -0.2) is 29.8 Å². The van der Waals surface area contributed by atoms with Crippen molar-refractivity contribution in [1.29, 1.82) is 0 Å². The Balaban J connectivity index is 2.14. The number of benzene rings is 1. The number of carbonyl (C=O) groups is 2. The molecule has 24 heavy (non-hydrogen) atoms. The van der Waals surface area contributed by atoms with Crippen molar-refractivity contribution < 1.29 is 14.0 Å². The number of amides is 2. The van der Waals surface area contributed by atoms with Crippen molar-refractivity contribution in [2.45, 2.75) is 34.6 Å². The lowest BCUT2D eigenvalue weighted by atomic mass is 10.1. The Hall–Kier alpha value is -2.56. The van der Waals surface area contributed by atoms with Crippen LogP contribution in [-0.2, 0) is 0 Å². The fourth-order valence-corrected chi connectivity index (χ4v) is 2.71. The number of hydrogen-bond donors (Lipinski definition) is 1. The van der Waals surface area contributed by atoms with E-state index in [0.717, 1.165) is 11.3 Å². The molecule has 0 spiro atoms. The fourth-order valence-electron chi connectivity index (χ4n) is 2.71. The van der Waals surface area contributed by atoms with Crippen LogP contribution in [0.25, 0.3) is 0 Å². The molecule has 0 atom stereocenters. The van der Waals surface area contributed by atoms with Crippen LogP contribution >= 0.6 is 0 Å². The first-order valence-corrected chi connectivity index (χ1v) is 8.16. The average molecular weight is 328 g/mol. The predicted octanol–water partition coefficient (Wildman–Crippen LogP) is 3.94. The van der Waals surface area contributed by atoms with E-state index in [4.69, 9.17) is 4.42 Å². The van der Waals surface area contributed by atoms with Crippen molar-refractivity contribution in [2.75, 3.05) is 18.4 Å². The highest BCUT2D eigenvalue weighted by molar-refractivity contribution is 6.06. The number of rotatable bonds is 5. The van der Waals surface area contributed by atoms with Crippen molar-refractivity contribution in [1.82, 2.24) is 4.90 Å². The molecule has 2 amide bonds. The highest BCUT2D eigenvalue weighted by atomic mass is 16.3. The van der Waals surface area contributed by atoms with E-state index in [1.807, 2.05) is 27.7 Å². The van der Waals surface area contributed by atoms with Gasteiger partial charge in [0.15, 0.2) is 0 Å². The standard InChI is InChI=1S/C19H24N2O3/c1-6-21(7-2)19(23)15-8-10-16(11-9-15)20-18(22)17-12(3)13(4)24-14(17)5/h8-11H,6-7H2,1-5H3,(H,20,22). The Labute approximate surface area is 142 Å². The number of nitrogens with one attached hydrogen (secondary N) is 1. The van der Waals surface area contributed by atoms with E-state index in [-0.39, 0.29) is 11.8 Å². The Morgan fingerprint density at radius 3 is 2.04 bits per heavy atom. The summed E-state index contributed by atoms with van der Waals surface area (Å²) in [6.07, 6.45) is 0. The van der Waals surface area contributed by atoms with Crippen LogP contribution in [0.4, 0.5) is 5.69 Å². The minimum absolute atomic E-state index is 0.00461. The molecule has 2 rings (SSSR count). The second kappa shape index (κ2) is 7.34. The summed E-state index contributed by atoms with van der Waals surface area (Å²) < 4.78 is 5.49. The largest absolute Gasteiger partial charge is 0.466 e. The molecule has 5 nitrogen and oxygen atoms in total. The molecule has 0 aliphatic carbocycles. The van der Waals surface area contributed by atoms with Crippen LogP contribution in [0.2, 0.25) is 0 Å². The van der Waals surface area contributed by atoms with Crippen LogP contribution in [0, 0.1) is 20.8 Å². The number of nitrogens with zero attached hydrogens (tertiary/aromatic N) is 1. The quantitative estimate of drug-likeness (QED) is 0.904. The lowest BCUT2D eigenvalue weighted by molar-refractivity contribution is 0.0773. The van der Waals surface area contributed by atoms with Crippen molar-refractivity contribution >= 4 is 17.5 Å². The van der Waals surface area contributed by atoms with Gasteiger partial charge in [0.25, 0.3) is 11.8 Å². The number of hydrogen-bond acceptors (Lipinski definition) is 3. The maximum absolute atomic E-state index is 12.4. The summed E-state index contributed by atoms with van der Waals surface area (Å²) in [5.74, 6) is 1.15. The summed E-state index contributed by atoms with van der Waals surface area (Å²) in [7, 11) is 0. The van der Waals surface area contributed by atoms with Gasteiger partial charge < -0.3 is 14.6 Å². The van der Waals surface area contributed by atoms with E-state index in [1.54, 1.807) is 36.1 Å². The SMILES string of the molecule is CCN(CC)C(=O)c1ccc(NC(=O)c2c(C)oc(C)c2C)cc1. The van der Waals surface area contributed by atoms with Crippen LogP contribution in [0.5, 0.6) is 0 Å². The normalized spacial score (nSPS) is 10.5. The molecule has 1 heterocycles. The van der Waals surface area contributed by atoms with Gasteiger partial charge in [-0.25, -0.2) is 0 Å². The van der Waals surface area contributed by atoms with Crippen molar-refractivity contribution in [3.8, 4) is 0 Å². The van der Waals surface area contributed by atoms with E-state index in [2.05, 4.69) is 5.32 Å². The summed E-state index contributed by atoms with van der Waals surface area (Å²) in [4.78, 5) is 26.5. The molecule has 0 aliphatic rings. The Bertz CT molecular complexity index is 741. The second-order valence-corrected chi connectivity index (χ2v) is 5.72. The fraction of sp³-hybridized carbons (Fsp3) is 0.368. The summed E-state index contributed by atoms with van der Waals surface area (Å²) in [5, 5.41) is 2.85. The van der Waals surface area contributed by atoms with Crippen molar-refractivity contribution in [3.63, 3.8) is 0 Å². The predicted molar refractivity (Wildman–Crippen MR) is 94.6 cm³/mol. The van der Waals surface area contributed by atoms with E-state index in [0.29, 0.717) is 35.7 Å². The monoisotopic (exact) mass is 328 g/mol. The second-order valence-electron chi connectivity index (χ2n) is 5.72. The molecule has 0 bridgehead atoms. The minimum atomic E-state index is -0.204. The number of anilines is 1. The van der Waals surface area contributed by atoms with Crippen LogP contribution < -0.4 is 5.32 Å². The van der Waals surface area contributed by atoms with Crippen LogP contribution in [0.3, 0.4) is 0 Å². The first kappa shape index (κ1) is 17.8. The zero-order valence-electron chi connectivity index (χ0n) is 14.9. The van der Waals surface area contributed by atoms with Gasteiger partial charge in [0.1, 0.15) is 11.5 Å². The highest BCUT2D eigenvalue weighted by Crippen LogP contribution is 2.22. The van der Waals surface area contributed by atoms with Gasteiger partial charge in [-0.2, -0.15) is 0 Å². The van der Waals surface area contributed by atoms with Crippen LogP contribution in [0.15, 0.2) is 28.7 Å². The van der Waals surface area contributed by atoms with Crippen LogP contribution in [0.1, 0.15) is 51.6 Å². The molecular weight excluding hydrogens is 304 g/mol. The number of aryl methyl sites for hydroxylation is 2. The highest BCUT2D eigenvalue weighted by Gasteiger charge is 2.19. The lowest BCUT2D eigenvalue weighted by Gasteiger charge is -2.18. The molecule has 128 valence electrons. The summed E-state index contributed by atoms with van der Waals surface area (Å²) in [6, 6.07) is 6.95. The molecule has 1 aromatic carbocycles. The zero-order chi connectivity index (χ0) is 17.9. The van der Waals surface area contributed by atoms with Gasteiger partial charge in [-0.15, -0.1) is 0 Å². The maximum Gasteiger partial charge on any atom is 0.259 e. The molecule has 0 unspecified atom stereocenters. The smallest absolute Gasteiger partial charge is 0.259 e. The topological polar surface area (TPSA) is 62.6 Å². The van der Waals surface area contributed by atoms with Crippen molar-refractivity contribution in [2.24, 2.45) is 0 Å². The molecule has 0 saturated carbocycles. The molecule has 0 radical (unpaired) electrons. The van der Waals surface area contributed by atoms with E-state index in [1.165, 1.54) is 0 Å². The van der Waals surface area contributed by atoms with E-state index < -0.39 is 0 Å². The summed E-state index contributed by atoms with van der Waals surface area (Å²) in [5.41, 5.74) is 2.67. The number of furan rings is 1. The van der Waals surface area contributed by atoms with Gasteiger partial charge in [0.05, 0.1) is 5.56 Å². The number of carbonyl (C=O) groups excluding carboxylic acids is 2. The summed E-state index contributed by atoms with van der Waals surface area (Å²) >= 11 is 0. The third-order valence-electron chi connectivity index (χ3n) is 4.23. The molecular formula is C19H24N2O3. The zero-order valence-corrected chi connectivity index (χ0v) is 14.9. The molecule has 2 aromatic rings. The minimum Gasteiger partial charge on any atom is -0.466 e. The Morgan fingerprint density at radius 2 is 1.58 bits per heavy atom. The molecule has 0 saturated heterocycles.